The van der Waals surface area contributed by atoms with Crippen molar-refractivity contribution in [1.82, 2.24) is 0 Å². The Labute approximate surface area is 186 Å². The molecule has 32 heavy (non-hydrogen) atoms. The lowest BCUT2D eigenvalue weighted by Crippen LogP contribution is -2.32. The zero-order valence-electron chi connectivity index (χ0n) is 17.8. The van der Waals surface area contributed by atoms with Crippen molar-refractivity contribution in [1.29, 1.82) is 0 Å². The van der Waals surface area contributed by atoms with Gasteiger partial charge in [-0.05, 0) is 49.6 Å². The molecule has 2 saturated heterocycles. The lowest BCUT2D eigenvalue weighted by molar-refractivity contribution is -0.122. The molecule has 1 N–H and O–H groups in total. The number of hydrogen-bond donors (Lipinski definition) is 1. The summed E-state index contributed by atoms with van der Waals surface area (Å²) in [5, 5.41) is 2.89. The number of nitrogens with one attached hydrogen (secondary N) is 1. The molecule has 3 aliphatic rings. The van der Waals surface area contributed by atoms with Gasteiger partial charge in [-0.15, -0.1) is 0 Å². The van der Waals surface area contributed by atoms with Crippen molar-refractivity contribution in [3.8, 4) is 11.5 Å². The molecule has 1 unspecified atom stereocenters. The monoisotopic (exact) mass is 439 g/mol. The molecule has 1 atom stereocenters. The van der Waals surface area contributed by atoms with Gasteiger partial charge in [0.2, 0.25) is 11.8 Å². The van der Waals surface area contributed by atoms with Crippen LogP contribution in [0.4, 0.5) is 21.5 Å². The normalized spacial score (nSPS) is 20.4. The third kappa shape index (κ3) is 4.09. The Kier molecular flexibility index (Phi) is 5.59. The second kappa shape index (κ2) is 8.68. The molecule has 8 heteroatoms. The number of anilines is 3. The van der Waals surface area contributed by atoms with Gasteiger partial charge >= 0.3 is 0 Å². The van der Waals surface area contributed by atoms with Gasteiger partial charge in [-0.1, -0.05) is 0 Å². The van der Waals surface area contributed by atoms with E-state index in [4.69, 9.17) is 9.47 Å². The molecule has 2 fully saturated rings. The Morgan fingerprint density at radius 2 is 1.78 bits per heavy atom. The van der Waals surface area contributed by atoms with Crippen molar-refractivity contribution >= 4 is 28.9 Å². The van der Waals surface area contributed by atoms with E-state index in [1.54, 1.807) is 29.2 Å². The summed E-state index contributed by atoms with van der Waals surface area (Å²) >= 11 is 0. The van der Waals surface area contributed by atoms with E-state index in [1.807, 2.05) is 0 Å². The molecule has 5 rings (SSSR count). The van der Waals surface area contributed by atoms with E-state index in [1.165, 1.54) is 18.6 Å². The fourth-order valence-corrected chi connectivity index (χ4v) is 4.59. The molecule has 2 aromatic rings. The maximum Gasteiger partial charge on any atom is 0.229 e. The van der Waals surface area contributed by atoms with E-state index >= 15 is 0 Å². The first kappa shape index (κ1) is 20.6. The zero-order chi connectivity index (χ0) is 22.1. The Morgan fingerprint density at radius 3 is 2.59 bits per heavy atom. The van der Waals surface area contributed by atoms with Gasteiger partial charge in [0.1, 0.15) is 19.0 Å². The van der Waals surface area contributed by atoms with Crippen LogP contribution in [-0.2, 0) is 9.59 Å². The Hall–Kier alpha value is -3.29. The van der Waals surface area contributed by atoms with Crippen molar-refractivity contribution in [2.75, 3.05) is 48.0 Å². The van der Waals surface area contributed by atoms with Crippen LogP contribution in [0, 0.1) is 11.7 Å². The largest absolute Gasteiger partial charge is 0.486 e. The van der Waals surface area contributed by atoms with Crippen molar-refractivity contribution in [2.24, 2.45) is 5.92 Å². The van der Waals surface area contributed by atoms with Crippen LogP contribution < -0.4 is 24.6 Å². The summed E-state index contributed by atoms with van der Waals surface area (Å²) in [6.07, 6.45) is 3.44. The van der Waals surface area contributed by atoms with Gasteiger partial charge in [0, 0.05) is 37.8 Å². The molecule has 2 aromatic carbocycles. The summed E-state index contributed by atoms with van der Waals surface area (Å²) in [5.74, 6) is -0.0770. The third-order valence-corrected chi connectivity index (χ3v) is 6.25. The number of piperidine rings is 1. The van der Waals surface area contributed by atoms with Crippen LogP contribution in [0.3, 0.4) is 0 Å². The van der Waals surface area contributed by atoms with Crippen LogP contribution in [0.5, 0.6) is 11.5 Å². The Balaban J connectivity index is 1.31. The summed E-state index contributed by atoms with van der Waals surface area (Å²) < 4.78 is 25.1. The van der Waals surface area contributed by atoms with E-state index < -0.39 is 11.7 Å². The Morgan fingerprint density at radius 1 is 1.00 bits per heavy atom. The molecule has 0 saturated carbocycles. The molecule has 3 heterocycles. The SMILES string of the molecule is O=C(Nc1cc(F)ccc1N1CCCCC1)C1CC(=O)N(c2ccc3c(c2)OCCO3)C1. The van der Waals surface area contributed by atoms with E-state index in [9.17, 15) is 14.0 Å². The molecule has 2 amide bonds. The number of amides is 2. The van der Waals surface area contributed by atoms with Crippen LogP contribution >= 0.6 is 0 Å². The molecule has 0 aromatic heterocycles. The molecular formula is C24H26FN3O4. The number of nitrogens with zero attached hydrogens (tertiary/aromatic N) is 2. The van der Waals surface area contributed by atoms with Crippen molar-refractivity contribution < 1.29 is 23.5 Å². The van der Waals surface area contributed by atoms with Gasteiger partial charge in [0.25, 0.3) is 0 Å². The van der Waals surface area contributed by atoms with Crippen molar-refractivity contribution in [3.05, 3.63) is 42.2 Å². The molecule has 168 valence electrons. The number of rotatable bonds is 4. The standard InChI is InChI=1S/C24H26FN3O4/c25-17-4-6-20(27-8-2-1-3-9-27)19(13-17)26-24(30)16-12-23(29)28(15-16)18-5-7-21-22(14-18)32-11-10-31-21/h4-7,13-14,16H,1-3,8-12,15H2,(H,26,30). The molecule has 0 radical (unpaired) electrons. The minimum absolute atomic E-state index is 0.106. The number of hydrogen-bond acceptors (Lipinski definition) is 5. The van der Waals surface area contributed by atoms with E-state index in [-0.39, 0.29) is 24.8 Å². The maximum atomic E-state index is 14.0. The van der Waals surface area contributed by atoms with Crippen LogP contribution in [0.2, 0.25) is 0 Å². The number of carbonyl (C=O) groups excluding carboxylic acids is 2. The summed E-state index contributed by atoms with van der Waals surface area (Å²) in [5.41, 5.74) is 1.96. The average molecular weight is 439 g/mol. The van der Waals surface area contributed by atoms with Crippen molar-refractivity contribution in [3.63, 3.8) is 0 Å². The number of carbonyl (C=O) groups is 2. The van der Waals surface area contributed by atoms with Crippen LogP contribution in [0.15, 0.2) is 36.4 Å². The van der Waals surface area contributed by atoms with Gasteiger partial charge in [0.05, 0.1) is 17.3 Å². The first-order chi connectivity index (χ1) is 15.6. The van der Waals surface area contributed by atoms with Gasteiger partial charge in [-0.25, -0.2) is 4.39 Å². The van der Waals surface area contributed by atoms with Crippen LogP contribution in [0.1, 0.15) is 25.7 Å². The lowest BCUT2D eigenvalue weighted by atomic mass is 10.1. The van der Waals surface area contributed by atoms with E-state index in [0.29, 0.717) is 36.1 Å². The molecule has 7 nitrogen and oxygen atoms in total. The van der Waals surface area contributed by atoms with Gasteiger partial charge < -0.3 is 24.6 Å². The summed E-state index contributed by atoms with van der Waals surface area (Å²) in [6, 6.07) is 9.85. The number of ether oxygens (including phenoxy) is 2. The van der Waals surface area contributed by atoms with Gasteiger partial charge in [0.15, 0.2) is 11.5 Å². The summed E-state index contributed by atoms with van der Waals surface area (Å²) in [7, 11) is 0. The fraction of sp³-hybridized carbons (Fsp3) is 0.417. The van der Waals surface area contributed by atoms with Crippen LogP contribution in [0.25, 0.3) is 0 Å². The highest BCUT2D eigenvalue weighted by Crippen LogP contribution is 2.36. The second-order valence-corrected chi connectivity index (χ2v) is 8.43. The predicted molar refractivity (Wildman–Crippen MR) is 119 cm³/mol. The molecule has 0 spiro atoms. The highest BCUT2D eigenvalue weighted by Gasteiger charge is 2.36. The van der Waals surface area contributed by atoms with Crippen LogP contribution in [-0.4, -0.2) is 44.7 Å². The first-order valence-electron chi connectivity index (χ1n) is 11.1. The molecular weight excluding hydrogens is 413 g/mol. The maximum absolute atomic E-state index is 14.0. The van der Waals surface area contributed by atoms with Crippen molar-refractivity contribution in [2.45, 2.75) is 25.7 Å². The number of fused-ring (bicyclic) bond motifs is 1. The van der Waals surface area contributed by atoms with E-state index in [2.05, 4.69) is 10.2 Å². The molecule has 0 aliphatic carbocycles. The fourth-order valence-electron chi connectivity index (χ4n) is 4.59. The smallest absolute Gasteiger partial charge is 0.229 e. The lowest BCUT2D eigenvalue weighted by Gasteiger charge is -2.30. The predicted octanol–water partition coefficient (Wildman–Crippen LogP) is 3.58. The Bertz CT molecular complexity index is 1040. The quantitative estimate of drug-likeness (QED) is 0.789. The third-order valence-electron chi connectivity index (χ3n) is 6.25. The highest BCUT2D eigenvalue weighted by molar-refractivity contribution is 6.04. The minimum atomic E-state index is -0.520. The zero-order valence-corrected chi connectivity index (χ0v) is 17.8. The summed E-state index contributed by atoms with van der Waals surface area (Å²) in [4.78, 5) is 29.5. The van der Waals surface area contributed by atoms with E-state index in [0.717, 1.165) is 31.6 Å². The molecule has 0 bridgehead atoms. The second-order valence-electron chi connectivity index (χ2n) is 8.43. The number of halogens is 1. The van der Waals surface area contributed by atoms with Gasteiger partial charge in [-0.2, -0.15) is 0 Å². The topological polar surface area (TPSA) is 71.1 Å². The highest BCUT2D eigenvalue weighted by atomic mass is 19.1. The number of benzene rings is 2. The molecule has 3 aliphatic heterocycles. The first-order valence-corrected chi connectivity index (χ1v) is 11.1. The summed E-state index contributed by atoms with van der Waals surface area (Å²) in [6.45, 7) is 2.99. The minimum Gasteiger partial charge on any atom is -0.486 e. The average Bonchev–Trinajstić information content (AvgIpc) is 3.21. The van der Waals surface area contributed by atoms with Gasteiger partial charge in [-0.3, -0.25) is 9.59 Å².